The van der Waals surface area contributed by atoms with Gasteiger partial charge in [-0.05, 0) is 13.3 Å². The summed E-state index contributed by atoms with van der Waals surface area (Å²) in [6.45, 7) is 4.79. The van der Waals surface area contributed by atoms with Gasteiger partial charge in [-0.2, -0.15) is 5.10 Å². The molecule has 0 radical (unpaired) electrons. The number of halogens is 1. The van der Waals surface area contributed by atoms with Crippen molar-refractivity contribution in [3.63, 3.8) is 0 Å². The van der Waals surface area contributed by atoms with E-state index in [0.29, 0.717) is 12.4 Å². The van der Waals surface area contributed by atoms with Gasteiger partial charge in [-0.15, -0.1) is 22.9 Å². The van der Waals surface area contributed by atoms with Gasteiger partial charge in [0.25, 0.3) is 0 Å². The summed E-state index contributed by atoms with van der Waals surface area (Å²) in [5, 5.41) is 7.68. The van der Waals surface area contributed by atoms with E-state index >= 15 is 0 Å². The van der Waals surface area contributed by atoms with E-state index in [1.807, 2.05) is 18.7 Å². The first kappa shape index (κ1) is 13.6. The number of fused-ring (bicyclic) bond motifs is 1. The zero-order valence-electron chi connectivity index (χ0n) is 11.7. The molecular formula is C13H16ClN5S. The monoisotopic (exact) mass is 309 g/mol. The third-order valence-corrected chi connectivity index (χ3v) is 4.37. The second-order valence-electron chi connectivity index (χ2n) is 4.70. The molecule has 0 fully saturated rings. The van der Waals surface area contributed by atoms with E-state index in [0.717, 1.165) is 39.8 Å². The number of nitrogens with zero attached hydrogens (tertiary/aromatic N) is 5. The van der Waals surface area contributed by atoms with Crippen molar-refractivity contribution in [3.05, 3.63) is 27.6 Å². The molecule has 3 aromatic heterocycles. The van der Waals surface area contributed by atoms with Crippen molar-refractivity contribution in [3.8, 4) is 0 Å². The van der Waals surface area contributed by atoms with Gasteiger partial charge in [0, 0.05) is 12.4 Å². The Kier molecular flexibility index (Phi) is 3.52. The Hall–Kier alpha value is -1.40. The zero-order chi connectivity index (χ0) is 14.3. The molecule has 20 heavy (non-hydrogen) atoms. The Balaban J connectivity index is 2.14. The molecule has 0 bridgehead atoms. The first-order valence-corrected chi connectivity index (χ1v) is 7.93. The number of imidazole rings is 1. The van der Waals surface area contributed by atoms with Crippen molar-refractivity contribution in [1.82, 2.24) is 24.3 Å². The Morgan fingerprint density at radius 1 is 1.35 bits per heavy atom. The highest BCUT2D eigenvalue weighted by Crippen LogP contribution is 2.22. The maximum absolute atomic E-state index is 6.05. The lowest BCUT2D eigenvalue weighted by atomic mass is 10.3. The summed E-state index contributed by atoms with van der Waals surface area (Å²) in [6, 6.07) is 0. The number of aryl methyl sites for hydroxylation is 3. The van der Waals surface area contributed by atoms with E-state index in [-0.39, 0.29) is 0 Å². The maximum Gasteiger partial charge on any atom is 0.159 e. The van der Waals surface area contributed by atoms with Crippen LogP contribution in [0.3, 0.4) is 0 Å². The Morgan fingerprint density at radius 3 is 2.75 bits per heavy atom. The van der Waals surface area contributed by atoms with Crippen LogP contribution in [0.15, 0.2) is 5.38 Å². The first-order valence-electron chi connectivity index (χ1n) is 6.52. The lowest BCUT2D eigenvalue weighted by Crippen LogP contribution is -2.08. The topological polar surface area (TPSA) is 48.5 Å². The van der Waals surface area contributed by atoms with Crippen LogP contribution in [0, 0.1) is 6.92 Å². The van der Waals surface area contributed by atoms with Crippen LogP contribution in [0.5, 0.6) is 0 Å². The number of alkyl halides is 1. The molecule has 3 heterocycles. The van der Waals surface area contributed by atoms with Crippen molar-refractivity contribution in [2.24, 2.45) is 7.05 Å². The molecule has 0 N–H and O–H groups in total. The quantitative estimate of drug-likeness (QED) is 0.696. The van der Waals surface area contributed by atoms with E-state index < -0.39 is 0 Å². The van der Waals surface area contributed by atoms with Gasteiger partial charge in [0.2, 0.25) is 0 Å². The van der Waals surface area contributed by atoms with E-state index in [2.05, 4.69) is 31.9 Å². The van der Waals surface area contributed by atoms with Crippen LogP contribution >= 0.6 is 22.9 Å². The molecule has 0 amide bonds. The zero-order valence-corrected chi connectivity index (χ0v) is 13.3. The molecule has 0 aliphatic heterocycles. The van der Waals surface area contributed by atoms with Gasteiger partial charge < -0.3 is 4.57 Å². The van der Waals surface area contributed by atoms with E-state index in [1.165, 1.54) is 0 Å². The molecule has 3 rings (SSSR count). The van der Waals surface area contributed by atoms with E-state index in [9.17, 15) is 0 Å². The third kappa shape index (κ3) is 2.13. The number of thiazole rings is 1. The summed E-state index contributed by atoms with van der Waals surface area (Å²) in [4.78, 5) is 9.17. The summed E-state index contributed by atoms with van der Waals surface area (Å²) >= 11 is 7.71. The standard InChI is InChI=1S/C13H16ClN5S/c1-4-10-12-13(18(3)17-10)19(11(5-14)16-12)6-9-7-20-8(2)15-9/h7H,4-6H2,1-3H3. The minimum Gasteiger partial charge on any atom is -0.306 e. The normalized spacial score (nSPS) is 11.6. The van der Waals surface area contributed by atoms with Crippen LogP contribution in [0.2, 0.25) is 0 Å². The maximum atomic E-state index is 6.05. The largest absolute Gasteiger partial charge is 0.306 e. The molecule has 0 aromatic carbocycles. The first-order chi connectivity index (χ1) is 9.63. The van der Waals surface area contributed by atoms with Gasteiger partial charge in [-0.25, -0.2) is 9.97 Å². The summed E-state index contributed by atoms with van der Waals surface area (Å²) in [5.41, 5.74) is 4.03. The molecule has 0 saturated carbocycles. The van der Waals surface area contributed by atoms with Crippen LogP contribution in [0.1, 0.15) is 29.1 Å². The van der Waals surface area contributed by atoms with E-state index in [4.69, 9.17) is 11.6 Å². The second-order valence-corrected chi connectivity index (χ2v) is 6.03. The predicted octanol–water partition coefficient (Wildman–Crippen LogP) is 2.88. The molecule has 0 spiro atoms. The Bertz CT molecular complexity index is 754. The average molecular weight is 310 g/mol. The van der Waals surface area contributed by atoms with Gasteiger partial charge in [0.15, 0.2) is 5.65 Å². The Labute approximate surface area is 126 Å². The fraction of sp³-hybridized carbons (Fsp3) is 0.462. The van der Waals surface area contributed by atoms with E-state index in [1.54, 1.807) is 11.3 Å². The van der Waals surface area contributed by atoms with Crippen LogP contribution in [0.25, 0.3) is 11.2 Å². The molecular weight excluding hydrogens is 294 g/mol. The van der Waals surface area contributed by atoms with Crippen LogP contribution in [0.4, 0.5) is 0 Å². The lowest BCUT2D eigenvalue weighted by molar-refractivity contribution is 0.691. The van der Waals surface area contributed by atoms with Crippen molar-refractivity contribution in [2.75, 3.05) is 0 Å². The number of hydrogen-bond donors (Lipinski definition) is 0. The van der Waals surface area contributed by atoms with Gasteiger partial charge in [0.05, 0.1) is 28.8 Å². The molecule has 106 valence electrons. The third-order valence-electron chi connectivity index (χ3n) is 3.31. The summed E-state index contributed by atoms with van der Waals surface area (Å²) in [5.74, 6) is 1.26. The van der Waals surface area contributed by atoms with Crippen LogP contribution in [-0.2, 0) is 25.9 Å². The van der Waals surface area contributed by atoms with Crippen molar-refractivity contribution in [2.45, 2.75) is 32.7 Å². The lowest BCUT2D eigenvalue weighted by Gasteiger charge is -2.06. The summed E-state index contributed by atoms with van der Waals surface area (Å²) < 4.78 is 4.00. The highest BCUT2D eigenvalue weighted by molar-refractivity contribution is 7.09. The van der Waals surface area contributed by atoms with Gasteiger partial charge >= 0.3 is 0 Å². The molecule has 0 unspecified atom stereocenters. The molecule has 5 nitrogen and oxygen atoms in total. The summed E-state index contributed by atoms with van der Waals surface area (Å²) in [7, 11) is 1.95. The van der Waals surface area contributed by atoms with Crippen molar-refractivity contribution < 1.29 is 0 Å². The highest BCUT2D eigenvalue weighted by Gasteiger charge is 2.18. The molecule has 0 saturated heterocycles. The highest BCUT2D eigenvalue weighted by atomic mass is 35.5. The fourth-order valence-corrected chi connectivity index (χ4v) is 3.24. The van der Waals surface area contributed by atoms with Gasteiger partial charge in [0.1, 0.15) is 11.3 Å². The smallest absolute Gasteiger partial charge is 0.159 e. The number of aromatic nitrogens is 5. The summed E-state index contributed by atoms with van der Waals surface area (Å²) in [6.07, 6.45) is 0.867. The van der Waals surface area contributed by atoms with Crippen molar-refractivity contribution >= 4 is 34.1 Å². The number of hydrogen-bond acceptors (Lipinski definition) is 4. The number of rotatable bonds is 4. The van der Waals surface area contributed by atoms with Gasteiger partial charge in [-0.1, -0.05) is 6.92 Å². The second kappa shape index (κ2) is 5.18. The minimum atomic E-state index is 0.390. The molecule has 7 heteroatoms. The molecule has 0 aliphatic rings. The molecule has 0 aliphatic carbocycles. The van der Waals surface area contributed by atoms with Crippen LogP contribution < -0.4 is 0 Å². The van der Waals surface area contributed by atoms with Gasteiger partial charge in [-0.3, -0.25) is 4.68 Å². The minimum absolute atomic E-state index is 0.390. The SMILES string of the molecule is CCc1nn(C)c2c1nc(CCl)n2Cc1csc(C)n1. The average Bonchev–Trinajstić information content (AvgIpc) is 3.07. The molecule has 3 aromatic rings. The van der Waals surface area contributed by atoms with Crippen LogP contribution in [-0.4, -0.2) is 24.3 Å². The van der Waals surface area contributed by atoms with Crippen molar-refractivity contribution in [1.29, 1.82) is 0 Å². The predicted molar refractivity (Wildman–Crippen MR) is 81.4 cm³/mol. The Morgan fingerprint density at radius 2 is 2.15 bits per heavy atom. The fourth-order valence-electron chi connectivity index (χ4n) is 2.44. The molecule has 0 atom stereocenters.